The number of hydrogen-bond acceptors (Lipinski definition) is 4. The van der Waals surface area contributed by atoms with Crippen LogP contribution in [0.25, 0.3) is 0 Å². The summed E-state index contributed by atoms with van der Waals surface area (Å²) in [6.07, 6.45) is 7.04. The molecule has 3 rings (SSSR count). The van der Waals surface area contributed by atoms with Crippen LogP contribution in [-0.2, 0) is 14.3 Å². The standard InChI is InChI=1S/C20H27NO4/c1-3-13-23-17-9-7-16(8-10-17)21-18(22)19(2)14-24-20(25-15-19)11-5-4-6-12-20/h3,7-10H,1,4-6,11-15H2,2H3,(H,21,22). The van der Waals surface area contributed by atoms with Gasteiger partial charge >= 0.3 is 0 Å². The second-order valence-corrected chi connectivity index (χ2v) is 7.19. The highest BCUT2D eigenvalue weighted by Gasteiger charge is 2.46. The number of hydrogen-bond donors (Lipinski definition) is 1. The van der Waals surface area contributed by atoms with Crippen molar-refractivity contribution >= 4 is 11.6 Å². The molecule has 0 unspecified atom stereocenters. The maximum atomic E-state index is 12.7. The molecule has 1 aromatic rings. The molecule has 1 saturated carbocycles. The van der Waals surface area contributed by atoms with Gasteiger partial charge in [0.2, 0.25) is 5.91 Å². The Balaban J connectivity index is 1.56. The molecule has 1 spiro atoms. The van der Waals surface area contributed by atoms with Gasteiger partial charge in [-0.1, -0.05) is 19.1 Å². The van der Waals surface area contributed by atoms with E-state index in [9.17, 15) is 4.79 Å². The quantitative estimate of drug-likeness (QED) is 0.822. The molecule has 0 atom stereocenters. The number of carbonyl (C=O) groups excluding carboxylic acids is 1. The van der Waals surface area contributed by atoms with Gasteiger partial charge in [-0.3, -0.25) is 4.79 Å². The third kappa shape index (κ3) is 4.22. The number of rotatable bonds is 5. The van der Waals surface area contributed by atoms with Gasteiger partial charge in [-0.2, -0.15) is 0 Å². The first-order valence-corrected chi connectivity index (χ1v) is 8.98. The molecule has 0 bridgehead atoms. The molecule has 136 valence electrons. The average Bonchev–Trinajstić information content (AvgIpc) is 2.65. The Morgan fingerprint density at radius 2 is 1.84 bits per heavy atom. The van der Waals surface area contributed by atoms with Crippen molar-refractivity contribution in [2.24, 2.45) is 5.41 Å². The van der Waals surface area contributed by atoms with E-state index in [-0.39, 0.29) is 5.91 Å². The van der Waals surface area contributed by atoms with Crippen LogP contribution in [0.3, 0.4) is 0 Å². The van der Waals surface area contributed by atoms with Crippen LogP contribution in [0.15, 0.2) is 36.9 Å². The van der Waals surface area contributed by atoms with Gasteiger partial charge in [0.05, 0.1) is 18.6 Å². The van der Waals surface area contributed by atoms with Crippen molar-refractivity contribution < 1.29 is 19.0 Å². The topological polar surface area (TPSA) is 56.8 Å². The summed E-state index contributed by atoms with van der Waals surface area (Å²) < 4.78 is 17.5. The Morgan fingerprint density at radius 1 is 1.20 bits per heavy atom. The molecule has 1 aliphatic carbocycles. The molecule has 2 fully saturated rings. The monoisotopic (exact) mass is 345 g/mol. The molecule has 1 aromatic carbocycles. The highest BCUT2D eigenvalue weighted by Crippen LogP contribution is 2.39. The van der Waals surface area contributed by atoms with Crippen molar-refractivity contribution in [3.63, 3.8) is 0 Å². The van der Waals surface area contributed by atoms with E-state index >= 15 is 0 Å². The van der Waals surface area contributed by atoms with Gasteiger partial charge in [-0.25, -0.2) is 0 Å². The minimum Gasteiger partial charge on any atom is -0.490 e. The number of amides is 1. The SMILES string of the molecule is C=CCOc1ccc(NC(=O)C2(C)COC3(CCCCC3)OC2)cc1. The fourth-order valence-electron chi connectivity index (χ4n) is 3.25. The van der Waals surface area contributed by atoms with E-state index in [0.717, 1.165) is 37.1 Å². The number of anilines is 1. The number of nitrogens with one attached hydrogen (secondary N) is 1. The molecular weight excluding hydrogens is 318 g/mol. The van der Waals surface area contributed by atoms with E-state index in [4.69, 9.17) is 14.2 Å². The van der Waals surface area contributed by atoms with E-state index in [1.165, 1.54) is 6.42 Å². The number of benzene rings is 1. The van der Waals surface area contributed by atoms with Crippen LogP contribution >= 0.6 is 0 Å². The van der Waals surface area contributed by atoms with Crippen molar-refractivity contribution in [1.82, 2.24) is 0 Å². The van der Waals surface area contributed by atoms with E-state index < -0.39 is 11.2 Å². The Hall–Kier alpha value is -1.85. The second-order valence-electron chi connectivity index (χ2n) is 7.19. The Kier molecular flexibility index (Phi) is 5.45. The van der Waals surface area contributed by atoms with Crippen molar-refractivity contribution in [1.29, 1.82) is 0 Å². The van der Waals surface area contributed by atoms with Gasteiger partial charge in [-0.05, 0) is 44.0 Å². The summed E-state index contributed by atoms with van der Waals surface area (Å²) in [6.45, 7) is 6.74. The van der Waals surface area contributed by atoms with Gasteiger partial charge in [0, 0.05) is 18.5 Å². The Morgan fingerprint density at radius 3 is 2.44 bits per heavy atom. The summed E-state index contributed by atoms with van der Waals surface area (Å²) in [5.74, 6) is 0.202. The first kappa shape index (κ1) is 18.0. The van der Waals surface area contributed by atoms with Gasteiger partial charge in [0.15, 0.2) is 5.79 Å². The third-order valence-electron chi connectivity index (χ3n) is 4.95. The summed E-state index contributed by atoms with van der Waals surface area (Å²) in [4.78, 5) is 12.7. The van der Waals surface area contributed by atoms with Crippen molar-refractivity contribution in [3.8, 4) is 5.75 Å². The molecule has 0 aromatic heterocycles. The van der Waals surface area contributed by atoms with Crippen LogP contribution in [0.4, 0.5) is 5.69 Å². The average molecular weight is 345 g/mol. The minimum absolute atomic E-state index is 0.0853. The van der Waals surface area contributed by atoms with Crippen LogP contribution in [0, 0.1) is 5.41 Å². The van der Waals surface area contributed by atoms with Crippen molar-refractivity contribution in [2.45, 2.75) is 44.8 Å². The molecule has 5 heteroatoms. The largest absolute Gasteiger partial charge is 0.490 e. The summed E-state index contributed by atoms with van der Waals surface area (Å²) in [5.41, 5.74) is 0.0518. The van der Waals surface area contributed by atoms with Crippen LogP contribution in [0.2, 0.25) is 0 Å². The molecule has 25 heavy (non-hydrogen) atoms. The lowest BCUT2D eigenvalue weighted by molar-refractivity contribution is -0.306. The third-order valence-corrected chi connectivity index (χ3v) is 4.95. The zero-order valence-corrected chi connectivity index (χ0v) is 14.9. The summed E-state index contributed by atoms with van der Waals surface area (Å²) in [6, 6.07) is 7.30. The minimum atomic E-state index is -0.680. The van der Waals surface area contributed by atoms with Crippen LogP contribution in [-0.4, -0.2) is 31.5 Å². The summed E-state index contributed by atoms with van der Waals surface area (Å²) in [7, 11) is 0. The number of carbonyl (C=O) groups is 1. The van der Waals surface area contributed by atoms with Gasteiger partial charge in [-0.15, -0.1) is 0 Å². The fourth-order valence-corrected chi connectivity index (χ4v) is 3.25. The molecule has 5 nitrogen and oxygen atoms in total. The predicted molar refractivity (Wildman–Crippen MR) is 96.6 cm³/mol. The first-order chi connectivity index (χ1) is 12.1. The van der Waals surface area contributed by atoms with E-state index in [1.807, 2.05) is 31.2 Å². The van der Waals surface area contributed by atoms with Crippen LogP contribution in [0.5, 0.6) is 5.75 Å². The van der Waals surface area contributed by atoms with Gasteiger partial charge < -0.3 is 19.5 Å². The van der Waals surface area contributed by atoms with Crippen LogP contribution in [0.1, 0.15) is 39.0 Å². The fraction of sp³-hybridized carbons (Fsp3) is 0.550. The molecule has 1 amide bonds. The Labute approximate surface area is 149 Å². The lowest BCUT2D eigenvalue weighted by atomic mass is 9.87. The maximum absolute atomic E-state index is 12.7. The van der Waals surface area contributed by atoms with Crippen LogP contribution < -0.4 is 10.1 Å². The zero-order chi connectivity index (χ0) is 17.8. The molecule has 1 heterocycles. The summed E-state index contributed by atoms with van der Waals surface area (Å²) >= 11 is 0. The van der Waals surface area contributed by atoms with Gasteiger partial charge in [0.25, 0.3) is 0 Å². The second kappa shape index (κ2) is 7.58. The Bertz CT molecular complexity index is 595. The zero-order valence-electron chi connectivity index (χ0n) is 14.9. The summed E-state index contributed by atoms with van der Waals surface area (Å²) in [5, 5.41) is 2.95. The molecule has 2 aliphatic rings. The van der Waals surface area contributed by atoms with Crippen molar-refractivity contribution in [2.75, 3.05) is 25.1 Å². The van der Waals surface area contributed by atoms with E-state index in [0.29, 0.717) is 19.8 Å². The highest BCUT2D eigenvalue weighted by atomic mass is 16.7. The lowest BCUT2D eigenvalue weighted by Gasteiger charge is -2.45. The molecule has 0 radical (unpaired) electrons. The van der Waals surface area contributed by atoms with E-state index in [1.54, 1.807) is 6.08 Å². The molecule has 1 aliphatic heterocycles. The lowest BCUT2D eigenvalue weighted by Crippen LogP contribution is -2.53. The normalized spacial score (nSPS) is 21.5. The van der Waals surface area contributed by atoms with E-state index in [2.05, 4.69) is 11.9 Å². The smallest absolute Gasteiger partial charge is 0.234 e. The maximum Gasteiger partial charge on any atom is 0.234 e. The number of ether oxygens (including phenoxy) is 3. The molecule has 1 N–H and O–H groups in total. The van der Waals surface area contributed by atoms with Gasteiger partial charge in [0.1, 0.15) is 12.4 Å². The molecular formula is C20H27NO4. The first-order valence-electron chi connectivity index (χ1n) is 8.98. The highest BCUT2D eigenvalue weighted by molar-refractivity contribution is 5.95. The predicted octanol–water partition coefficient (Wildman–Crippen LogP) is 3.90. The van der Waals surface area contributed by atoms with Crippen molar-refractivity contribution in [3.05, 3.63) is 36.9 Å². The molecule has 1 saturated heterocycles.